The predicted molar refractivity (Wildman–Crippen MR) is 137 cm³/mol. The number of methoxy groups -OCH3 is 1. The first kappa shape index (κ1) is 25.9. The van der Waals surface area contributed by atoms with Crippen molar-refractivity contribution in [2.75, 3.05) is 59.5 Å². The lowest BCUT2D eigenvalue weighted by atomic mass is 9.78. The number of rotatable bonds is 7. The minimum atomic E-state index is -0.167. The molecule has 3 saturated heterocycles. The molecule has 3 aliphatic heterocycles. The van der Waals surface area contributed by atoms with Gasteiger partial charge in [-0.25, -0.2) is 0 Å². The third kappa shape index (κ3) is 6.96. The van der Waals surface area contributed by atoms with Crippen LogP contribution in [0.15, 0.2) is 0 Å². The Hall–Kier alpha value is -0.770. The molecule has 0 aromatic heterocycles. The summed E-state index contributed by atoms with van der Waals surface area (Å²) in [4.78, 5) is 17.2. The Kier molecular flexibility index (Phi) is 9.35. The maximum absolute atomic E-state index is 12.6. The van der Waals surface area contributed by atoms with E-state index in [-0.39, 0.29) is 18.3 Å². The van der Waals surface area contributed by atoms with E-state index in [1.165, 1.54) is 57.9 Å². The molecular formula is C27H49N5O3. The Morgan fingerprint density at radius 2 is 1.63 bits per heavy atom. The van der Waals surface area contributed by atoms with Crippen molar-refractivity contribution in [3.8, 4) is 0 Å². The van der Waals surface area contributed by atoms with Crippen LogP contribution in [-0.2, 0) is 14.3 Å². The Morgan fingerprint density at radius 1 is 0.914 bits per heavy atom. The number of piperazine rings is 1. The van der Waals surface area contributed by atoms with Crippen LogP contribution in [0.2, 0.25) is 0 Å². The molecule has 1 unspecified atom stereocenters. The molecule has 3 N–H and O–H groups in total. The van der Waals surface area contributed by atoms with E-state index >= 15 is 0 Å². The zero-order chi connectivity index (χ0) is 24.0. The Bertz CT molecular complexity index is 643. The molecule has 0 bridgehead atoms. The minimum absolute atomic E-state index is 0.167. The molecule has 1 amide bonds. The Labute approximate surface area is 212 Å². The van der Waals surface area contributed by atoms with Gasteiger partial charge in [-0.2, -0.15) is 0 Å². The molecule has 0 radical (unpaired) electrons. The van der Waals surface area contributed by atoms with Gasteiger partial charge in [-0.1, -0.05) is 0 Å². The molecule has 1 atom stereocenters. The number of hydrogen-bond acceptors (Lipinski definition) is 7. The van der Waals surface area contributed by atoms with Crippen LogP contribution in [0, 0.1) is 17.8 Å². The van der Waals surface area contributed by atoms with Crippen LogP contribution in [0.25, 0.3) is 0 Å². The van der Waals surface area contributed by atoms with Gasteiger partial charge in [-0.05, 0) is 82.0 Å². The van der Waals surface area contributed by atoms with E-state index in [2.05, 4.69) is 20.9 Å². The maximum atomic E-state index is 12.6. The normalized spacial score (nSPS) is 39.6. The van der Waals surface area contributed by atoms with Gasteiger partial charge in [0.15, 0.2) is 0 Å². The highest BCUT2D eigenvalue weighted by Crippen LogP contribution is 2.32. The monoisotopic (exact) mass is 491 g/mol. The van der Waals surface area contributed by atoms with Crippen LogP contribution in [0.3, 0.4) is 0 Å². The summed E-state index contributed by atoms with van der Waals surface area (Å²) >= 11 is 0. The summed E-state index contributed by atoms with van der Waals surface area (Å²) in [6.45, 7) is 7.96. The molecule has 8 heteroatoms. The van der Waals surface area contributed by atoms with Gasteiger partial charge in [0.2, 0.25) is 0 Å². The quantitative estimate of drug-likeness (QED) is 0.501. The molecule has 3 heterocycles. The third-order valence-electron chi connectivity index (χ3n) is 9.54. The summed E-state index contributed by atoms with van der Waals surface area (Å²) in [6, 6.07) is 0.617. The lowest BCUT2D eigenvalue weighted by Crippen LogP contribution is -2.63. The van der Waals surface area contributed by atoms with E-state index < -0.39 is 0 Å². The van der Waals surface area contributed by atoms with Gasteiger partial charge in [-0.3, -0.25) is 25.6 Å². The fourth-order valence-electron chi connectivity index (χ4n) is 7.17. The second-order valence-electron chi connectivity index (χ2n) is 11.8. The van der Waals surface area contributed by atoms with E-state index in [1.807, 2.05) is 12.0 Å². The lowest BCUT2D eigenvalue weighted by molar-refractivity contribution is -0.142. The van der Waals surface area contributed by atoms with Gasteiger partial charge in [-0.15, -0.1) is 0 Å². The highest BCUT2D eigenvalue weighted by atomic mass is 16.5. The summed E-state index contributed by atoms with van der Waals surface area (Å²) in [5.74, 6) is 2.62. The van der Waals surface area contributed by atoms with Crippen molar-refractivity contribution in [2.45, 2.75) is 88.7 Å². The Balaban J connectivity index is 0.943. The van der Waals surface area contributed by atoms with Gasteiger partial charge in [0.1, 0.15) is 12.4 Å². The number of amides is 1. The summed E-state index contributed by atoms with van der Waals surface area (Å²) in [5.41, 5.74) is 0. The molecule has 8 nitrogen and oxygen atoms in total. The molecule has 5 rings (SSSR count). The van der Waals surface area contributed by atoms with Gasteiger partial charge in [0.25, 0.3) is 5.91 Å². The first-order valence-corrected chi connectivity index (χ1v) is 14.6. The predicted octanol–water partition coefficient (Wildman–Crippen LogP) is 1.76. The zero-order valence-electron chi connectivity index (χ0n) is 21.9. The molecule has 0 spiro atoms. The van der Waals surface area contributed by atoms with E-state index in [1.54, 1.807) is 0 Å². The van der Waals surface area contributed by atoms with Crippen molar-refractivity contribution in [2.24, 2.45) is 17.8 Å². The number of carbonyl (C=O) groups excluding carboxylic acids is 1. The molecule has 5 fully saturated rings. The van der Waals surface area contributed by atoms with Crippen LogP contribution in [0.1, 0.15) is 64.2 Å². The van der Waals surface area contributed by atoms with Gasteiger partial charge in [0.05, 0.1) is 6.10 Å². The van der Waals surface area contributed by atoms with Crippen LogP contribution >= 0.6 is 0 Å². The smallest absolute Gasteiger partial charge is 0.251 e. The number of carbonyl (C=O) groups is 1. The molecule has 5 aliphatic rings. The number of hydrogen-bond donors (Lipinski definition) is 3. The number of nitrogens with one attached hydrogen (secondary N) is 3. The molecule has 200 valence electrons. The molecule has 0 aromatic carbocycles. The highest BCUT2D eigenvalue weighted by molar-refractivity contribution is 5.81. The van der Waals surface area contributed by atoms with Gasteiger partial charge >= 0.3 is 0 Å². The fourth-order valence-corrected chi connectivity index (χ4v) is 7.17. The summed E-state index contributed by atoms with van der Waals surface area (Å²) in [7, 11) is 1.86. The first-order valence-electron chi connectivity index (χ1n) is 14.6. The average molecular weight is 492 g/mol. The highest BCUT2D eigenvalue weighted by Gasteiger charge is 2.33. The van der Waals surface area contributed by atoms with E-state index in [0.717, 1.165) is 76.5 Å². The molecule has 2 saturated carbocycles. The van der Waals surface area contributed by atoms with Crippen LogP contribution in [0.4, 0.5) is 0 Å². The fraction of sp³-hybridized carbons (Fsp3) is 0.963. The summed E-state index contributed by atoms with van der Waals surface area (Å²) in [6.07, 6.45) is 12.8. The molecular weight excluding hydrogens is 442 g/mol. The second kappa shape index (κ2) is 12.7. The van der Waals surface area contributed by atoms with Crippen LogP contribution in [-0.4, -0.2) is 99.8 Å². The van der Waals surface area contributed by atoms with Crippen molar-refractivity contribution in [3.05, 3.63) is 0 Å². The van der Waals surface area contributed by atoms with E-state index in [4.69, 9.17) is 9.47 Å². The zero-order valence-corrected chi connectivity index (χ0v) is 21.9. The standard InChI is InChI=1S/C27H49N5O3/c1-34-24-10-6-21(7-11-24)22-17-28-27(29-18-22)30-23-8-4-20(5-9-23)19-31-12-14-32(15-13-31)26(33)25-3-2-16-35-25/h20-25,27-30H,2-19H2,1H3. The first-order chi connectivity index (χ1) is 17.2. The van der Waals surface area contributed by atoms with Crippen molar-refractivity contribution in [1.29, 1.82) is 0 Å². The van der Waals surface area contributed by atoms with Crippen LogP contribution < -0.4 is 16.0 Å². The van der Waals surface area contributed by atoms with Crippen molar-refractivity contribution in [1.82, 2.24) is 25.8 Å². The second-order valence-corrected chi connectivity index (χ2v) is 11.8. The largest absolute Gasteiger partial charge is 0.381 e. The third-order valence-corrected chi connectivity index (χ3v) is 9.54. The van der Waals surface area contributed by atoms with E-state index in [9.17, 15) is 4.79 Å². The number of nitrogens with zero attached hydrogens (tertiary/aromatic N) is 2. The summed E-state index contributed by atoms with van der Waals surface area (Å²) < 4.78 is 11.1. The lowest BCUT2D eigenvalue weighted by Gasteiger charge is -2.41. The minimum Gasteiger partial charge on any atom is -0.381 e. The van der Waals surface area contributed by atoms with Crippen molar-refractivity contribution < 1.29 is 14.3 Å². The maximum Gasteiger partial charge on any atom is 0.251 e. The molecule has 2 aliphatic carbocycles. The summed E-state index contributed by atoms with van der Waals surface area (Å²) in [5, 5.41) is 11.3. The molecule has 35 heavy (non-hydrogen) atoms. The van der Waals surface area contributed by atoms with Crippen LogP contribution in [0.5, 0.6) is 0 Å². The van der Waals surface area contributed by atoms with E-state index in [0.29, 0.717) is 12.1 Å². The van der Waals surface area contributed by atoms with Gasteiger partial charge < -0.3 is 14.4 Å². The average Bonchev–Trinajstić information content (AvgIpc) is 3.46. The number of ether oxygens (including phenoxy) is 2. The van der Waals surface area contributed by atoms with Gasteiger partial charge in [0, 0.05) is 65.6 Å². The molecule has 0 aromatic rings. The SMILES string of the molecule is COC1CCC(C2CNC(NC3CCC(CN4CCN(C(=O)C5CCCO5)CC4)CC3)NC2)CC1. The van der Waals surface area contributed by atoms with Crippen molar-refractivity contribution in [3.63, 3.8) is 0 Å². The topological polar surface area (TPSA) is 78.1 Å². The van der Waals surface area contributed by atoms with Crippen molar-refractivity contribution >= 4 is 5.91 Å². The Morgan fingerprint density at radius 3 is 2.26 bits per heavy atom.